The Kier molecular flexibility index (Phi) is 9.62. The fourth-order valence-corrected chi connectivity index (χ4v) is 5.72. The third-order valence-electron chi connectivity index (χ3n) is 4.60. The van der Waals surface area contributed by atoms with Crippen molar-refractivity contribution in [3.05, 3.63) is 59.2 Å². The largest absolute Gasteiger partial charge is 0.482 e. The number of rotatable bonds is 12. The molecule has 2 aromatic rings. The van der Waals surface area contributed by atoms with Crippen LogP contribution < -0.4 is 4.74 Å². The standard InChI is InChI=1S/C22H26F3NO5S2/c1-3-10-26(33(29,30)15-17-4-6-18(7-5-17)22(23,24)25)11-12-32-19-8-9-20(16(2)13-19)31-14-21(27)28/h4-9,13H,3,10-12,14-15H2,1-2H3,(H,27,28). The van der Waals surface area contributed by atoms with Crippen LogP contribution in [0.3, 0.4) is 0 Å². The van der Waals surface area contributed by atoms with E-state index in [1.54, 1.807) is 19.1 Å². The van der Waals surface area contributed by atoms with Gasteiger partial charge >= 0.3 is 12.1 Å². The number of carboxylic acid groups (broad SMARTS) is 1. The topological polar surface area (TPSA) is 83.9 Å². The number of sulfonamides is 1. The Hall–Kier alpha value is -2.24. The average Bonchev–Trinajstić information content (AvgIpc) is 2.72. The number of carboxylic acids is 1. The molecule has 1 N–H and O–H groups in total. The van der Waals surface area contributed by atoms with Crippen molar-refractivity contribution < 1.29 is 36.2 Å². The summed E-state index contributed by atoms with van der Waals surface area (Å²) in [5.41, 5.74) is 0.242. The van der Waals surface area contributed by atoms with E-state index >= 15 is 0 Å². The summed E-state index contributed by atoms with van der Waals surface area (Å²) in [6.07, 6.45) is -3.87. The molecule has 0 amide bonds. The summed E-state index contributed by atoms with van der Waals surface area (Å²) in [6.45, 7) is 3.77. The van der Waals surface area contributed by atoms with Crippen LogP contribution in [0.15, 0.2) is 47.4 Å². The normalized spacial score (nSPS) is 12.2. The van der Waals surface area contributed by atoms with E-state index in [1.165, 1.54) is 28.2 Å². The van der Waals surface area contributed by atoms with E-state index in [2.05, 4.69) is 0 Å². The number of thioether (sulfide) groups is 1. The quantitative estimate of drug-likeness (QED) is 0.417. The summed E-state index contributed by atoms with van der Waals surface area (Å²) < 4.78 is 70.5. The molecule has 0 saturated heterocycles. The Balaban J connectivity index is 1.99. The molecule has 0 spiro atoms. The zero-order chi connectivity index (χ0) is 24.6. The van der Waals surface area contributed by atoms with Crippen molar-refractivity contribution in [1.29, 1.82) is 0 Å². The van der Waals surface area contributed by atoms with Crippen LogP contribution in [0.2, 0.25) is 0 Å². The number of nitrogens with zero attached hydrogens (tertiary/aromatic N) is 1. The van der Waals surface area contributed by atoms with Crippen molar-refractivity contribution in [3.8, 4) is 5.75 Å². The summed E-state index contributed by atoms with van der Waals surface area (Å²) in [4.78, 5) is 11.5. The molecule has 0 heterocycles. The van der Waals surface area contributed by atoms with Gasteiger partial charge in [-0.2, -0.15) is 13.2 Å². The fourth-order valence-electron chi connectivity index (χ4n) is 3.01. The molecule has 2 aromatic carbocycles. The second kappa shape index (κ2) is 11.8. The molecule has 0 atom stereocenters. The van der Waals surface area contributed by atoms with Crippen molar-refractivity contribution in [1.82, 2.24) is 4.31 Å². The maximum atomic E-state index is 12.9. The smallest absolute Gasteiger partial charge is 0.416 e. The lowest BCUT2D eigenvalue weighted by molar-refractivity contribution is -0.139. The minimum absolute atomic E-state index is 0.248. The number of aryl methyl sites for hydroxylation is 1. The number of hydrogen-bond donors (Lipinski definition) is 1. The number of hydrogen-bond acceptors (Lipinski definition) is 5. The molecule has 11 heteroatoms. The van der Waals surface area contributed by atoms with Crippen LogP contribution in [0.1, 0.15) is 30.0 Å². The molecule has 182 valence electrons. The molecule has 0 unspecified atom stereocenters. The highest BCUT2D eigenvalue weighted by molar-refractivity contribution is 7.99. The van der Waals surface area contributed by atoms with E-state index in [-0.39, 0.29) is 12.3 Å². The molecule has 0 aliphatic rings. The molecular formula is C22H26F3NO5S2. The SMILES string of the molecule is CCCN(CCSc1ccc(OCC(=O)O)c(C)c1)S(=O)(=O)Cc1ccc(C(F)(F)F)cc1. The van der Waals surface area contributed by atoms with E-state index < -0.39 is 34.3 Å². The lowest BCUT2D eigenvalue weighted by Gasteiger charge is -2.22. The van der Waals surface area contributed by atoms with Crippen molar-refractivity contribution >= 4 is 27.8 Å². The summed E-state index contributed by atoms with van der Waals surface area (Å²) in [5, 5.41) is 8.71. The first-order valence-electron chi connectivity index (χ1n) is 10.1. The monoisotopic (exact) mass is 505 g/mol. The Morgan fingerprint density at radius 1 is 1.12 bits per heavy atom. The first-order chi connectivity index (χ1) is 15.4. The predicted octanol–water partition coefficient (Wildman–Crippen LogP) is 4.81. The van der Waals surface area contributed by atoms with Crippen molar-refractivity contribution in [3.63, 3.8) is 0 Å². The molecule has 0 fully saturated rings. The second-order valence-electron chi connectivity index (χ2n) is 7.31. The van der Waals surface area contributed by atoms with Crippen LogP contribution >= 0.6 is 11.8 Å². The molecule has 0 bridgehead atoms. The molecule has 0 saturated carbocycles. The van der Waals surface area contributed by atoms with Gasteiger partial charge in [-0.15, -0.1) is 11.8 Å². The van der Waals surface area contributed by atoms with Gasteiger partial charge in [-0.3, -0.25) is 0 Å². The minimum atomic E-state index is -4.47. The maximum absolute atomic E-state index is 12.9. The van der Waals surface area contributed by atoms with Gasteiger partial charge in [0.25, 0.3) is 0 Å². The number of aliphatic carboxylic acids is 1. The van der Waals surface area contributed by atoms with Crippen LogP contribution in [0.4, 0.5) is 13.2 Å². The van der Waals surface area contributed by atoms with Crippen molar-refractivity contribution in [2.75, 3.05) is 25.4 Å². The fraction of sp³-hybridized carbons (Fsp3) is 0.409. The summed E-state index contributed by atoms with van der Waals surface area (Å²) in [5.74, 6) is -0.499. The van der Waals surface area contributed by atoms with Crippen LogP contribution in [-0.4, -0.2) is 49.2 Å². The Morgan fingerprint density at radius 2 is 1.79 bits per heavy atom. The van der Waals surface area contributed by atoms with E-state index in [9.17, 15) is 26.4 Å². The number of halogens is 3. The second-order valence-corrected chi connectivity index (χ2v) is 10.4. The minimum Gasteiger partial charge on any atom is -0.482 e. The van der Waals surface area contributed by atoms with Crippen LogP contribution in [0, 0.1) is 6.92 Å². The van der Waals surface area contributed by atoms with Gasteiger partial charge in [0.15, 0.2) is 6.61 Å². The van der Waals surface area contributed by atoms with Gasteiger partial charge in [0.2, 0.25) is 10.0 Å². The van der Waals surface area contributed by atoms with E-state index in [0.29, 0.717) is 30.0 Å². The lowest BCUT2D eigenvalue weighted by Crippen LogP contribution is -2.34. The van der Waals surface area contributed by atoms with Gasteiger partial charge in [-0.1, -0.05) is 19.1 Å². The first-order valence-corrected chi connectivity index (χ1v) is 12.7. The highest BCUT2D eigenvalue weighted by Gasteiger charge is 2.30. The van der Waals surface area contributed by atoms with Gasteiger partial charge in [-0.25, -0.2) is 17.5 Å². The van der Waals surface area contributed by atoms with E-state index in [0.717, 1.165) is 22.6 Å². The summed E-state index contributed by atoms with van der Waals surface area (Å²) >= 11 is 1.45. The van der Waals surface area contributed by atoms with Crippen molar-refractivity contribution in [2.45, 2.75) is 37.1 Å². The predicted molar refractivity (Wildman–Crippen MR) is 121 cm³/mol. The third-order valence-corrected chi connectivity index (χ3v) is 7.43. The number of carbonyl (C=O) groups is 1. The first kappa shape index (κ1) is 27.0. The molecule has 2 rings (SSSR count). The molecule has 0 aliphatic carbocycles. The summed E-state index contributed by atoms with van der Waals surface area (Å²) in [6, 6.07) is 9.43. The van der Waals surface area contributed by atoms with Crippen LogP contribution in [-0.2, 0) is 26.7 Å². The van der Waals surface area contributed by atoms with Crippen molar-refractivity contribution in [2.24, 2.45) is 0 Å². The van der Waals surface area contributed by atoms with Gasteiger partial charge in [0.1, 0.15) is 5.75 Å². The number of alkyl halides is 3. The third kappa shape index (κ3) is 8.56. The van der Waals surface area contributed by atoms with Gasteiger partial charge in [0.05, 0.1) is 11.3 Å². The summed E-state index contributed by atoms with van der Waals surface area (Å²) in [7, 11) is -3.71. The molecule has 0 aliphatic heterocycles. The van der Waals surface area contributed by atoms with Crippen LogP contribution in [0.5, 0.6) is 5.75 Å². The number of benzene rings is 2. The van der Waals surface area contributed by atoms with Gasteiger partial charge < -0.3 is 9.84 Å². The highest BCUT2D eigenvalue weighted by Crippen LogP contribution is 2.30. The highest BCUT2D eigenvalue weighted by atomic mass is 32.2. The lowest BCUT2D eigenvalue weighted by atomic mass is 10.1. The van der Waals surface area contributed by atoms with E-state index in [4.69, 9.17) is 9.84 Å². The molecule has 6 nitrogen and oxygen atoms in total. The Morgan fingerprint density at radius 3 is 2.33 bits per heavy atom. The van der Waals surface area contributed by atoms with Gasteiger partial charge in [-0.05, 0) is 54.8 Å². The maximum Gasteiger partial charge on any atom is 0.416 e. The number of ether oxygens (including phenoxy) is 1. The molecule has 0 radical (unpaired) electrons. The van der Waals surface area contributed by atoms with Crippen LogP contribution in [0.25, 0.3) is 0 Å². The van der Waals surface area contributed by atoms with E-state index in [1.807, 2.05) is 13.0 Å². The Labute approximate surface area is 195 Å². The average molecular weight is 506 g/mol. The Bertz CT molecular complexity index is 1040. The van der Waals surface area contributed by atoms with Gasteiger partial charge in [0, 0.05) is 23.7 Å². The molecule has 0 aromatic heterocycles. The zero-order valence-electron chi connectivity index (χ0n) is 18.3. The molecule has 33 heavy (non-hydrogen) atoms. The molecular weight excluding hydrogens is 479 g/mol. The zero-order valence-corrected chi connectivity index (χ0v) is 19.9.